The highest BCUT2D eigenvalue weighted by atomic mass is 32.2. The number of hydrogen-bond donors (Lipinski definition) is 2. The lowest BCUT2D eigenvalue weighted by molar-refractivity contribution is -0.132. The summed E-state index contributed by atoms with van der Waals surface area (Å²) in [6, 6.07) is 17.8. The molecule has 2 aliphatic heterocycles. The lowest BCUT2D eigenvalue weighted by atomic mass is 9.98. The van der Waals surface area contributed by atoms with Crippen LogP contribution >= 0.6 is 11.8 Å². The maximum Gasteiger partial charge on any atom is 0.241 e. The second kappa shape index (κ2) is 14.1. The lowest BCUT2D eigenvalue weighted by Gasteiger charge is -2.29. The van der Waals surface area contributed by atoms with Gasteiger partial charge in [0.1, 0.15) is 16.8 Å². The van der Waals surface area contributed by atoms with Gasteiger partial charge in [0, 0.05) is 67.7 Å². The number of carbonyl (C=O) groups excluding carboxylic acids is 2. The highest BCUT2D eigenvalue weighted by Crippen LogP contribution is 2.36. The number of fused-ring (bicyclic) bond motifs is 1. The van der Waals surface area contributed by atoms with Crippen molar-refractivity contribution >= 4 is 45.7 Å². The van der Waals surface area contributed by atoms with Crippen LogP contribution < -0.4 is 10.1 Å². The van der Waals surface area contributed by atoms with Gasteiger partial charge in [-0.3, -0.25) is 24.3 Å². The van der Waals surface area contributed by atoms with E-state index >= 15 is 0 Å². The van der Waals surface area contributed by atoms with Crippen LogP contribution in [0.2, 0.25) is 0 Å². The summed E-state index contributed by atoms with van der Waals surface area (Å²) >= 11 is 1.55. The van der Waals surface area contributed by atoms with Crippen molar-refractivity contribution < 1.29 is 14.3 Å². The Kier molecular flexibility index (Phi) is 9.43. The highest BCUT2D eigenvalue weighted by Gasteiger charge is 2.44. The van der Waals surface area contributed by atoms with E-state index in [1.165, 1.54) is 5.57 Å². The molecule has 1 atom stereocenters. The number of amides is 2. The Bertz CT molecular complexity index is 2050. The van der Waals surface area contributed by atoms with Gasteiger partial charge >= 0.3 is 0 Å². The fraction of sp³-hybridized carbons (Fsp3) is 0.351. The fourth-order valence-corrected chi connectivity index (χ4v) is 7.45. The van der Waals surface area contributed by atoms with Crippen molar-refractivity contribution in [2.45, 2.75) is 37.5 Å². The second-order valence-electron chi connectivity index (χ2n) is 13.1. The number of aromatic amines is 1. The minimum Gasteiger partial charge on any atom is -0.475 e. The van der Waals surface area contributed by atoms with Crippen LogP contribution in [0.4, 0.5) is 5.69 Å². The minimum absolute atomic E-state index is 0.00534. The molecule has 2 aliphatic rings. The SMILES string of the molecule is CSC1(C(=O)Nc2ccc3[nH]nc(-c4ccnc(OC(C)C)c4)c3c2)CCN(CC(=O)N2CC=C(c3ccc(-c4ncn(C)n4)cc3)CC2)C1. The fourth-order valence-electron chi connectivity index (χ4n) is 6.61. The summed E-state index contributed by atoms with van der Waals surface area (Å²) < 4.78 is 6.82. The van der Waals surface area contributed by atoms with Gasteiger partial charge in [-0.05, 0) is 68.3 Å². The van der Waals surface area contributed by atoms with Crippen molar-refractivity contribution in [1.29, 1.82) is 0 Å². The highest BCUT2D eigenvalue weighted by molar-refractivity contribution is 8.00. The molecule has 2 amide bonds. The van der Waals surface area contributed by atoms with Crippen molar-refractivity contribution in [3.05, 3.63) is 78.8 Å². The number of H-pyrrole nitrogens is 1. The third-order valence-electron chi connectivity index (χ3n) is 9.34. The maximum atomic E-state index is 13.8. The number of aromatic nitrogens is 6. The molecular weight excluding hydrogens is 651 g/mol. The minimum atomic E-state index is -0.658. The molecule has 0 spiro atoms. The molecule has 5 heterocycles. The number of rotatable bonds is 10. The Morgan fingerprint density at radius 1 is 1.04 bits per heavy atom. The molecule has 1 saturated heterocycles. The molecule has 7 rings (SSSR count). The molecule has 0 saturated carbocycles. The van der Waals surface area contributed by atoms with E-state index in [2.05, 4.69) is 53.7 Å². The normalized spacial score (nSPS) is 18.1. The largest absolute Gasteiger partial charge is 0.475 e. The van der Waals surface area contributed by atoms with E-state index in [1.807, 2.05) is 74.5 Å². The Hall–Kier alpha value is -5.01. The molecule has 5 aromatic rings. The number of hydrogen-bond acceptors (Lipinski definition) is 9. The molecule has 3 aromatic heterocycles. The van der Waals surface area contributed by atoms with E-state index in [1.54, 1.807) is 29.0 Å². The number of thioether (sulfide) groups is 1. The summed E-state index contributed by atoms with van der Waals surface area (Å²) in [4.78, 5) is 39.9. The number of anilines is 1. The number of likely N-dealkylation sites (tertiary alicyclic amines) is 1. The predicted molar refractivity (Wildman–Crippen MR) is 197 cm³/mol. The van der Waals surface area contributed by atoms with E-state index in [9.17, 15) is 9.59 Å². The van der Waals surface area contributed by atoms with Gasteiger partial charge in [0.2, 0.25) is 17.7 Å². The van der Waals surface area contributed by atoms with E-state index in [-0.39, 0.29) is 17.9 Å². The van der Waals surface area contributed by atoms with E-state index in [0.717, 1.165) is 39.7 Å². The first-order chi connectivity index (χ1) is 24.2. The number of pyridine rings is 1. The average Bonchev–Trinajstić information content (AvgIpc) is 3.87. The first-order valence-electron chi connectivity index (χ1n) is 16.8. The smallest absolute Gasteiger partial charge is 0.241 e. The molecule has 50 heavy (non-hydrogen) atoms. The first-order valence-corrected chi connectivity index (χ1v) is 18.1. The molecular formula is C37H41N9O3S. The van der Waals surface area contributed by atoms with Crippen LogP contribution in [0.15, 0.2) is 73.2 Å². The summed E-state index contributed by atoms with van der Waals surface area (Å²) in [5.74, 6) is 1.27. The maximum absolute atomic E-state index is 13.8. The topological polar surface area (TPSA) is 134 Å². The van der Waals surface area contributed by atoms with Crippen LogP contribution in [0.25, 0.3) is 39.1 Å². The lowest BCUT2D eigenvalue weighted by Crippen LogP contribution is -2.45. The van der Waals surface area contributed by atoms with Crippen LogP contribution in [0.1, 0.15) is 32.3 Å². The van der Waals surface area contributed by atoms with E-state index in [4.69, 9.17) is 4.74 Å². The van der Waals surface area contributed by atoms with E-state index in [0.29, 0.717) is 56.5 Å². The van der Waals surface area contributed by atoms with Crippen molar-refractivity contribution in [2.75, 3.05) is 44.3 Å². The molecule has 2 aromatic carbocycles. The molecule has 0 aliphatic carbocycles. The second-order valence-corrected chi connectivity index (χ2v) is 14.3. The number of benzene rings is 2. The summed E-state index contributed by atoms with van der Waals surface area (Å²) in [5.41, 5.74) is 6.55. The predicted octanol–water partition coefficient (Wildman–Crippen LogP) is 5.27. The Morgan fingerprint density at radius 3 is 2.58 bits per heavy atom. The van der Waals surface area contributed by atoms with Crippen LogP contribution in [0, 0.1) is 0 Å². The van der Waals surface area contributed by atoms with Gasteiger partial charge < -0.3 is 15.0 Å². The van der Waals surface area contributed by atoms with Gasteiger partial charge in [-0.1, -0.05) is 30.3 Å². The zero-order valence-corrected chi connectivity index (χ0v) is 29.5. The zero-order chi connectivity index (χ0) is 34.8. The molecule has 1 fully saturated rings. The quantitative estimate of drug-likeness (QED) is 0.201. The molecule has 258 valence electrons. The molecule has 0 radical (unpaired) electrons. The van der Waals surface area contributed by atoms with Crippen molar-refractivity contribution in [1.82, 2.24) is 39.7 Å². The Morgan fingerprint density at radius 2 is 1.86 bits per heavy atom. The number of nitrogens with one attached hydrogen (secondary N) is 2. The van der Waals surface area contributed by atoms with Crippen molar-refractivity contribution in [3.63, 3.8) is 0 Å². The zero-order valence-electron chi connectivity index (χ0n) is 28.7. The first kappa shape index (κ1) is 33.5. The van der Waals surface area contributed by atoms with Crippen LogP contribution in [0.3, 0.4) is 0 Å². The Labute approximate surface area is 295 Å². The average molecular weight is 692 g/mol. The van der Waals surface area contributed by atoms with Gasteiger partial charge in [0.25, 0.3) is 0 Å². The van der Waals surface area contributed by atoms with Gasteiger partial charge in [-0.25, -0.2) is 9.97 Å². The molecule has 2 N–H and O–H groups in total. The van der Waals surface area contributed by atoms with Gasteiger partial charge in [-0.2, -0.15) is 10.2 Å². The van der Waals surface area contributed by atoms with Gasteiger partial charge in [0.05, 0.1) is 18.2 Å². The monoisotopic (exact) mass is 691 g/mol. The van der Waals surface area contributed by atoms with E-state index < -0.39 is 4.75 Å². The molecule has 1 unspecified atom stereocenters. The van der Waals surface area contributed by atoms with Gasteiger partial charge in [0.15, 0.2) is 5.82 Å². The van der Waals surface area contributed by atoms with Crippen LogP contribution in [0.5, 0.6) is 5.88 Å². The standard InChI is InChI=1S/C37H41N9O3S/c1-24(2)49-32-19-28(11-15-38-32)34-30-20-29(9-10-31(30)41-42-34)40-36(48)37(50-4)14-18-45(22-37)21-33(47)46-16-12-26(13-17-46)25-5-7-27(8-6-25)35-39-23-44(3)43-35/h5-12,15,19-20,23-24H,13-14,16-18,21-22H2,1-4H3,(H,40,48)(H,41,42). The van der Waals surface area contributed by atoms with Crippen molar-refractivity contribution in [2.24, 2.45) is 7.05 Å². The number of ether oxygens (including phenoxy) is 1. The summed E-state index contributed by atoms with van der Waals surface area (Å²) in [6.07, 6.45) is 8.98. The number of nitrogens with zero attached hydrogens (tertiary/aromatic N) is 7. The van der Waals surface area contributed by atoms with Crippen LogP contribution in [-0.4, -0.2) is 101 Å². The summed E-state index contributed by atoms with van der Waals surface area (Å²) in [7, 11) is 1.86. The third-order valence-corrected chi connectivity index (χ3v) is 10.6. The summed E-state index contributed by atoms with van der Waals surface area (Å²) in [6.45, 7) is 6.64. The number of carbonyl (C=O) groups is 2. The molecule has 0 bridgehead atoms. The van der Waals surface area contributed by atoms with Crippen molar-refractivity contribution in [3.8, 4) is 28.5 Å². The van der Waals surface area contributed by atoms with Gasteiger partial charge in [-0.15, -0.1) is 11.8 Å². The summed E-state index contributed by atoms with van der Waals surface area (Å²) in [5, 5.41) is 16.1. The third kappa shape index (κ3) is 7.01. The Balaban J connectivity index is 0.963. The molecule has 13 heteroatoms. The molecule has 12 nitrogen and oxygen atoms in total. The number of aryl methyl sites for hydroxylation is 1. The van der Waals surface area contributed by atoms with Crippen LogP contribution in [-0.2, 0) is 16.6 Å².